The number of benzene rings is 2. The highest BCUT2D eigenvalue weighted by molar-refractivity contribution is 7.99. The summed E-state index contributed by atoms with van der Waals surface area (Å²) in [6.07, 6.45) is 2.25. The first kappa shape index (κ1) is 24.7. The summed E-state index contributed by atoms with van der Waals surface area (Å²) in [5.74, 6) is 0.190. The number of fused-ring (bicyclic) bond motifs is 2. The molecule has 7 nitrogen and oxygen atoms in total. The van der Waals surface area contributed by atoms with Gasteiger partial charge in [-0.05, 0) is 42.6 Å². The Morgan fingerprint density at radius 3 is 2.56 bits per heavy atom. The molecule has 0 bridgehead atoms. The minimum Gasteiger partial charge on any atom is -1.00 e. The monoisotopic (exact) mass is 564 g/mol. The summed E-state index contributed by atoms with van der Waals surface area (Å²) >= 11 is 1.73. The summed E-state index contributed by atoms with van der Waals surface area (Å²) < 4.78 is 1.04. The second-order valence-corrected chi connectivity index (χ2v) is 9.65. The molecule has 2 aromatic carbocycles. The highest BCUT2D eigenvalue weighted by Crippen LogP contribution is 2.49. The van der Waals surface area contributed by atoms with Crippen LogP contribution >= 0.6 is 11.8 Å². The molecule has 0 aliphatic carbocycles. The van der Waals surface area contributed by atoms with Crippen LogP contribution in [0, 0.1) is 0 Å². The van der Waals surface area contributed by atoms with Gasteiger partial charge >= 0.3 is 0 Å². The average Bonchev–Trinajstić information content (AvgIpc) is 2.76. The Morgan fingerprint density at radius 1 is 1.12 bits per heavy atom. The number of halogens is 1. The zero-order chi connectivity index (χ0) is 21.8. The highest BCUT2D eigenvalue weighted by atomic mass is 127. The van der Waals surface area contributed by atoms with Crippen molar-refractivity contribution in [2.45, 2.75) is 29.6 Å². The van der Waals surface area contributed by atoms with Crippen molar-refractivity contribution < 1.29 is 33.3 Å². The molecule has 0 aromatic heterocycles. The van der Waals surface area contributed by atoms with Crippen LogP contribution in [0.15, 0.2) is 57.4 Å². The molecular formula is C23H29IN6OS. The maximum absolute atomic E-state index is 11.6. The number of unbranched alkanes of at least 4 members (excludes halogenated alkanes) is 1. The molecule has 32 heavy (non-hydrogen) atoms. The van der Waals surface area contributed by atoms with E-state index in [1.165, 1.54) is 16.3 Å². The van der Waals surface area contributed by atoms with Gasteiger partial charge in [-0.25, -0.2) is 0 Å². The quantitative estimate of drug-likeness (QED) is 0.135. The number of hydrogen-bond acceptors (Lipinski definition) is 4. The van der Waals surface area contributed by atoms with E-state index in [2.05, 4.69) is 52.3 Å². The lowest BCUT2D eigenvalue weighted by molar-refractivity contribution is -0.913. The Balaban J connectivity index is 0.00000289. The van der Waals surface area contributed by atoms with Gasteiger partial charge in [0.15, 0.2) is 0 Å². The van der Waals surface area contributed by atoms with Crippen molar-refractivity contribution in [3.63, 3.8) is 0 Å². The van der Waals surface area contributed by atoms with Crippen molar-refractivity contribution in [1.29, 1.82) is 0 Å². The minimum atomic E-state index is 0. The van der Waals surface area contributed by atoms with Gasteiger partial charge in [-0.3, -0.25) is 4.79 Å². The largest absolute Gasteiger partial charge is 1.00 e. The van der Waals surface area contributed by atoms with Crippen molar-refractivity contribution in [3.8, 4) is 0 Å². The van der Waals surface area contributed by atoms with Crippen molar-refractivity contribution in [2.24, 2.45) is 5.11 Å². The number of hydrogen-bond donors (Lipinski definition) is 0. The smallest absolute Gasteiger partial charge is 0.219 e. The number of nitrogens with zero attached hydrogens (tertiary/aromatic N) is 6. The molecule has 2 aliphatic heterocycles. The molecule has 0 saturated carbocycles. The van der Waals surface area contributed by atoms with Gasteiger partial charge in [0.2, 0.25) is 5.91 Å². The molecular weight excluding hydrogens is 535 g/mol. The first-order valence-electron chi connectivity index (χ1n) is 10.8. The third kappa shape index (κ3) is 5.51. The lowest BCUT2D eigenvalue weighted by Crippen LogP contribution is -3.00. The van der Waals surface area contributed by atoms with Gasteiger partial charge < -0.3 is 38.3 Å². The Hall–Kier alpha value is -1.94. The first-order chi connectivity index (χ1) is 15.0. The standard InChI is InChI=1S/C23H29N6OS.HI/c1-18(30)27-12-15-29(2,16-13-27)14-6-5-11-28-20-7-3-4-8-22(20)31-23-17-19(25-26-24)9-10-21(23)28;/h3-4,7-10,17H,5-6,11-16H2,1-2H3;1H/q+1;/p-1. The number of amides is 1. The van der Waals surface area contributed by atoms with Crippen molar-refractivity contribution in [1.82, 2.24) is 4.90 Å². The topological polar surface area (TPSA) is 72.3 Å². The van der Waals surface area contributed by atoms with Crippen LogP contribution < -0.4 is 28.9 Å². The Bertz CT molecular complexity index is 1020. The molecule has 170 valence electrons. The molecule has 0 N–H and O–H groups in total. The number of likely N-dealkylation sites (N-methyl/N-ethyl adjacent to an activating group) is 1. The molecule has 1 saturated heterocycles. The van der Waals surface area contributed by atoms with Gasteiger partial charge in [0.05, 0.1) is 51.1 Å². The summed E-state index contributed by atoms with van der Waals surface area (Å²) in [4.78, 5) is 21.2. The van der Waals surface area contributed by atoms with Crippen LogP contribution in [0.1, 0.15) is 19.8 Å². The van der Waals surface area contributed by atoms with Gasteiger partial charge in [0.1, 0.15) is 0 Å². The summed E-state index contributed by atoms with van der Waals surface area (Å²) in [6.45, 7) is 7.55. The highest BCUT2D eigenvalue weighted by Gasteiger charge is 2.29. The number of carbonyl (C=O) groups is 1. The number of anilines is 2. The molecule has 1 fully saturated rings. The molecule has 2 heterocycles. The van der Waals surface area contributed by atoms with E-state index in [0.717, 1.165) is 61.5 Å². The molecule has 0 spiro atoms. The fourth-order valence-corrected chi connectivity index (χ4v) is 5.56. The predicted molar refractivity (Wildman–Crippen MR) is 125 cm³/mol. The summed E-state index contributed by atoms with van der Waals surface area (Å²) in [7, 11) is 2.32. The van der Waals surface area contributed by atoms with E-state index in [1.807, 2.05) is 17.0 Å². The fourth-order valence-electron chi connectivity index (χ4n) is 4.43. The molecule has 2 aromatic rings. The van der Waals surface area contributed by atoms with Crippen molar-refractivity contribution in [2.75, 3.05) is 51.2 Å². The Labute approximate surface area is 211 Å². The maximum Gasteiger partial charge on any atom is 0.219 e. The number of carbonyl (C=O) groups excluding carboxylic acids is 1. The van der Waals surface area contributed by atoms with E-state index in [4.69, 9.17) is 5.53 Å². The van der Waals surface area contributed by atoms with Crippen LogP contribution in [0.3, 0.4) is 0 Å². The summed E-state index contributed by atoms with van der Waals surface area (Å²) in [6, 6.07) is 14.4. The number of piperazine rings is 1. The third-order valence-corrected chi connectivity index (χ3v) is 7.48. The van der Waals surface area contributed by atoms with Crippen molar-refractivity contribution in [3.05, 3.63) is 52.9 Å². The predicted octanol–water partition coefficient (Wildman–Crippen LogP) is 2.32. The number of rotatable bonds is 6. The van der Waals surface area contributed by atoms with Gasteiger partial charge in [0, 0.05) is 33.9 Å². The van der Waals surface area contributed by atoms with E-state index in [1.54, 1.807) is 18.7 Å². The first-order valence-corrected chi connectivity index (χ1v) is 11.6. The zero-order valence-electron chi connectivity index (χ0n) is 18.6. The Kier molecular flexibility index (Phi) is 8.32. The van der Waals surface area contributed by atoms with Crippen LogP contribution in [0.25, 0.3) is 10.4 Å². The zero-order valence-corrected chi connectivity index (χ0v) is 21.6. The van der Waals surface area contributed by atoms with E-state index in [0.29, 0.717) is 5.69 Å². The fraction of sp³-hybridized carbons (Fsp3) is 0.435. The summed E-state index contributed by atoms with van der Waals surface area (Å²) in [5, 5.41) is 3.77. The molecule has 0 unspecified atom stereocenters. The second-order valence-electron chi connectivity index (χ2n) is 8.57. The van der Waals surface area contributed by atoms with E-state index < -0.39 is 0 Å². The molecule has 4 rings (SSSR count). The molecule has 0 atom stereocenters. The van der Waals surface area contributed by atoms with Gasteiger partial charge in [0.25, 0.3) is 0 Å². The van der Waals surface area contributed by atoms with E-state index in [9.17, 15) is 4.79 Å². The van der Waals surface area contributed by atoms with E-state index >= 15 is 0 Å². The van der Waals surface area contributed by atoms with Crippen LogP contribution in [-0.4, -0.2) is 61.6 Å². The SMILES string of the molecule is CC(=O)N1CC[N+](C)(CCCCN2c3ccccc3Sc3cc(N=[N+]=[N-])ccc32)CC1.[I-]. The molecule has 2 aliphatic rings. The lowest BCUT2D eigenvalue weighted by Gasteiger charge is -2.42. The summed E-state index contributed by atoms with van der Waals surface area (Å²) in [5.41, 5.74) is 11.8. The number of para-hydroxylation sites is 1. The molecule has 9 heteroatoms. The number of azide groups is 1. The van der Waals surface area contributed by atoms with Crippen LogP contribution in [0.2, 0.25) is 0 Å². The third-order valence-electron chi connectivity index (χ3n) is 6.36. The molecule has 0 radical (unpaired) electrons. The molecule has 1 amide bonds. The van der Waals surface area contributed by atoms with Crippen LogP contribution in [-0.2, 0) is 4.79 Å². The second kappa shape index (κ2) is 10.8. The maximum atomic E-state index is 11.6. The van der Waals surface area contributed by atoms with Crippen LogP contribution in [0.5, 0.6) is 0 Å². The van der Waals surface area contributed by atoms with E-state index in [-0.39, 0.29) is 29.9 Å². The van der Waals surface area contributed by atoms with Gasteiger partial charge in [-0.1, -0.05) is 35.1 Å². The van der Waals surface area contributed by atoms with Gasteiger partial charge in [-0.2, -0.15) is 0 Å². The lowest BCUT2D eigenvalue weighted by atomic mass is 10.1. The normalized spacial score (nSPS) is 16.3. The Morgan fingerprint density at radius 2 is 1.84 bits per heavy atom. The minimum absolute atomic E-state index is 0. The van der Waals surface area contributed by atoms with Crippen LogP contribution in [0.4, 0.5) is 17.1 Å². The average molecular weight is 564 g/mol. The number of quaternary nitrogens is 1. The van der Waals surface area contributed by atoms with Gasteiger partial charge in [-0.15, -0.1) is 0 Å². The van der Waals surface area contributed by atoms with Crippen molar-refractivity contribution >= 4 is 34.7 Å².